The molecule has 3 nitrogen and oxygen atoms in total. The normalized spacial score (nSPS) is 20.0. The fourth-order valence-corrected chi connectivity index (χ4v) is 2.86. The summed E-state index contributed by atoms with van der Waals surface area (Å²) in [6.45, 7) is 6.15. The fourth-order valence-electron chi connectivity index (χ4n) is 2.86. The van der Waals surface area contributed by atoms with Crippen LogP contribution in [0.15, 0.2) is 35.5 Å². The van der Waals surface area contributed by atoms with Crippen molar-refractivity contribution >= 4 is 11.5 Å². The number of unbranched alkanes of at least 4 members (excludes halogenated alkanes) is 3. The van der Waals surface area contributed by atoms with E-state index in [1.165, 1.54) is 12.8 Å². The van der Waals surface area contributed by atoms with E-state index in [1.54, 1.807) is 0 Å². The van der Waals surface area contributed by atoms with Gasteiger partial charge >= 0.3 is 0 Å². The summed E-state index contributed by atoms with van der Waals surface area (Å²) in [5.74, 6) is 0.0582. The van der Waals surface area contributed by atoms with Gasteiger partial charge in [-0.15, -0.1) is 0 Å². The first-order valence-electron chi connectivity index (χ1n) is 7.90. The van der Waals surface area contributed by atoms with Crippen molar-refractivity contribution in [3.8, 4) is 0 Å². The molecule has 1 unspecified atom stereocenters. The van der Waals surface area contributed by atoms with Gasteiger partial charge in [0.1, 0.15) is 11.3 Å². The van der Waals surface area contributed by atoms with E-state index in [-0.39, 0.29) is 11.7 Å². The van der Waals surface area contributed by atoms with E-state index in [0.717, 1.165) is 18.4 Å². The molecule has 0 amide bonds. The molecule has 21 heavy (non-hydrogen) atoms. The lowest BCUT2D eigenvalue weighted by atomic mass is 9.80. The van der Waals surface area contributed by atoms with Gasteiger partial charge in [0, 0.05) is 6.42 Å². The number of ketones is 1. The molecule has 1 aliphatic rings. The zero-order chi connectivity index (χ0) is 15.3. The van der Waals surface area contributed by atoms with E-state index in [1.807, 2.05) is 44.2 Å². The topological polar surface area (TPSA) is 38.7 Å². The van der Waals surface area contributed by atoms with Crippen molar-refractivity contribution in [1.29, 1.82) is 0 Å². The molecule has 1 aromatic carbocycles. The number of nitrogens with zero attached hydrogens (tertiary/aromatic N) is 1. The van der Waals surface area contributed by atoms with Crippen molar-refractivity contribution in [1.82, 2.24) is 0 Å². The molecule has 2 rings (SSSR count). The molecule has 1 heterocycles. The van der Waals surface area contributed by atoms with E-state index in [4.69, 9.17) is 4.84 Å². The van der Waals surface area contributed by atoms with Crippen molar-refractivity contribution < 1.29 is 9.63 Å². The van der Waals surface area contributed by atoms with Gasteiger partial charge in [-0.3, -0.25) is 4.79 Å². The monoisotopic (exact) mass is 287 g/mol. The predicted octanol–water partition coefficient (Wildman–Crippen LogP) is 4.47. The Bertz CT molecular complexity index is 505. The summed E-state index contributed by atoms with van der Waals surface area (Å²) in [5.41, 5.74) is 1.22. The van der Waals surface area contributed by atoms with Crippen LogP contribution < -0.4 is 0 Å². The first kappa shape index (κ1) is 15.7. The number of rotatable bonds is 7. The SMILES string of the molecule is CCCCCCC(=O)C1=NOC(C)(C)C1c1ccccc1. The summed E-state index contributed by atoms with van der Waals surface area (Å²) in [6.07, 6.45) is 4.98. The molecule has 1 aromatic rings. The molecule has 1 aliphatic heterocycles. The summed E-state index contributed by atoms with van der Waals surface area (Å²) in [4.78, 5) is 18.0. The Kier molecular flexibility index (Phi) is 5.16. The minimum Gasteiger partial charge on any atom is -0.388 e. The van der Waals surface area contributed by atoms with Crippen LogP contribution in [0.25, 0.3) is 0 Å². The minimum absolute atomic E-state index is 0.0719. The molecule has 0 fully saturated rings. The van der Waals surface area contributed by atoms with Gasteiger partial charge < -0.3 is 4.84 Å². The Balaban J connectivity index is 2.09. The number of carbonyl (C=O) groups excluding carboxylic acids is 1. The van der Waals surface area contributed by atoms with Gasteiger partial charge in [0.15, 0.2) is 5.78 Å². The molecule has 0 saturated carbocycles. The van der Waals surface area contributed by atoms with Crippen LogP contribution in [0.2, 0.25) is 0 Å². The van der Waals surface area contributed by atoms with Crippen LogP contribution in [0.3, 0.4) is 0 Å². The quantitative estimate of drug-likeness (QED) is 0.694. The molecular formula is C18H25NO2. The Labute approximate surface area is 127 Å². The lowest BCUT2D eigenvalue weighted by Crippen LogP contribution is -2.33. The summed E-state index contributed by atoms with van der Waals surface area (Å²) in [7, 11) is 0. The highest BCUT2D eigenvalue weighted by atomic mass is 16.7. The molecule has 0 N–H and O–H groups in total. The van der Waals surface area contributed by atoms with Gasteiger partial charge in [-0.1, -0.05) is 61.7 Å². The average molecular weight is 287 g/mol. The minimum atomic E-state index is -0.463. The number of oxime groups is 1. The molecular weight excluding hydrogens is 262 g/mol. The second-order valence-electron chi connectivity index (χ2n) is 6.25. The standard InChI is InChI=1S/C18H25NO2/c1-4-5-6-10-13-15(20)17-16(18(2,3)21-19-17)14-11-8-7-9-12-14/h7-9,11-12,16H,4-6,10,13H2,1-3H3. The maximum absolute atomic E-state index is 12.5. The predicted molar refractivity (Wildman–Crippen MR) is 85.5 cm³/mol. The number of carbonyl (C=O) groups is 1. The summed E-state index contributed by atoms with van der Waals surface area (Å²) in [6, 6.07) is 10.1. The number of hydrogen-bond donors (Lipinski definition) is 0. The zero-order valence-corrected chi connectivity index (χ0v) is 13.3. The highest BCUT2D eigenvalue weighted by Gasteiger charge is 2.44. The van der Waals surface area contributed by atoms with Crippen molar-refractivity contribution in [2.75, 3.05) is 0 Å². The Hall–Kier alpha value is -1.64. The second kappa shape index (κ2) is 6.88. The average Bonchev–Trinajstić information content (AvgIpc) is 2.80. The van der Waals surface area contributed by atoms with Gasteiger partial charge in [-0.2, -0.15) is 0 Å². The molecule has 1 atom stereocenters. The molecule has 114 valence electrons. The lowest BCUT2D eigenvalue weighted by molar-refractivity contribution is -0.113. The van der Waals surface area contributed by atoms with E-state index >= 15 is 0 Å². The van der Waals surface area contributed by atoms with Gasteiger partial charge in [-0.25, -0.2) is 0 Å². The smallest absolute Gasteiger partial charge is 0.181 e. The molecule has 0 aromatic heterocycles. The van der Waals surface area contributed by atoms with Crippen LogP contribution in [0.4, 0.5) is 0 Å². The third kappa shape index (κ3) is 3.72. The number of hydrogen-bond acceptors (Lipinski definition) is 3. The van der Waals surface area contributed by atoms with Crippen molar-refractivity contribution in [2.24, 2.45) is 5.16 Å². The number of Topliss-reactive ketones (excluding diaryl/α,β-unsaturated/α-hetero) is 1. The van der Waals surface area contributed by atoms with E-state index < -0.39 is 5.60 Å². The molecule has 0 aliphatic carbocycles. The summed E-state index contributed by atoms with van der Waals surface area (Å²) >= 11 is 0. The first-order chi connectivity index (χ1) is 10.1. The highest BCUT2D eigenvalue weighted by Crippen LogP contribution is 2.38. The van der Waals surface area contributed by atoms with Gasteiger partial charge in [0.05, 0.1) is 5.92 Å². The highest BCUT2D eigenvalue weighted by molar-refractivity contribution is 6.42. The summed E-state index contributed by atoms with van der Waals surface area (Å²) in [5, 5.41) is 4.11. The molecule has 0 bridgehead atoms. The lowest BCUT2D eigenvalue weighted by Gasteiger charge is -2.25. The van der Waals surface area contributed by atoms with Crippen LogP contribution in [-0.2, 0) is 9.63 Å². The third-order valence-corrected chi connectivity index (χ3v) is 4.02. The fraction of sp³-hybridized carbons (Fsp3) is 0.556. The van der Waals surface area contributed by atoms with Crippen molar-refractivity contribution in [2.45, 2.75) is 64.4 Å². The first-order valence-corrected chi connectivity index (χ1v) is 7.90. The van der Waals surface area contributed by atoms with Crippen LogP contribution in [-0.4, -0.2) is 17.1 Å². The second-order valence-corrected chi connectivity index (χ2v) is 6.25. The zero-order valence-electron chi connectivity index (χ0n) is 13.3. The number of benzene rings is 1. The van der Waals surface area contributed by atoms with Gasteiger partial charge in [0.25, 0.3) is 0 Å². The van der Waals surface area contributed by atoms with E-state index in [0.29, 0.717) is 12.1 Å². The van der Waals surface area contributed by atoms with Crippen molar-refractivity contribution in [3.05, 3.63) is 35.9 Å². The van der Waals surface area contributed by atoms with Crippen LogP contribution in [0.5, 0.6) is 0 Å². The Morgan fingerprint density at radius 3 is 2.57 bits per heavy atom. The van der Waals surface area contributed by atoms with Gasteiger partial charge in [-0.05, 0) is 25.8 Å². The Morgan fingerprint density at radius 2 is 1.90 bits per heavy atom. The van der Waals surface area contributed by atoms with Crippen molar-refractivity contribution in [3.63, 3.8) is 0 Å². The Morgan fingerprint density at radius 1 is 1.19 bits per heavy atom. The van der Waals surface area contributed by atoms with Crippen LogP contribution in [0, 0.1) is 0 Å². The molecule has 0 saturated heterocycles. The maximum Gasteiger partial charge on any atom is 0.181 e. The molecule has 0 spiro atoms. The van der Waals surface area contributed by atoms with Gasteiger partial charge in [0.2, 0.25) is 0 Å². The van der Waals surface area contributed by atoms with E-state index in [2.05, 4.69) is 12.1 Å². The van der Waals surface area contributed by atoms with Crippen LogP contribution >= 0.6 is 0 Å². The van der Waals surface area contributed by atoms with Crippen LogP contribution in [0.1, 0.15) is 64.4 Å². The third-order valence-electron chi connectivity index (χ3n) is 4.02. The maximum atomic E-state index is 12.5. The molecule has 0 radical (unpaired) electrons. The van der Waals surface area contributed by atoms with E-state index in [9.17, 15) is 4.79 Å². The summed E-state index contributed by atoms with van der Waals surface area (Å²) < 4.78 is 0. The molecule has 3 heteroatoms. The largest absolute Gasteiger partial charge is 0.388 e.